The molecule has 1 rings (SSSR count). The Kier molecular flexibility index (Phi) is 5.67. The Balaban J connectivity index is 3.33. The van der Waals surface area contributed by atoms with Crippen LogP contribution in [-0.4, -0.2) is 13.7 Å². The molecule has 0 aliphatic rings. The van der Waals surface area contributed by atoms with Crippen molar-refractivity contribution in [1.29, 1.82) is 0 Å². The van der Waals surface area contributed by atoms with Gasteiger partial charge in [0, 0.05) is 4.47 Å². The lowest BCUT2D eigenvalue weighted by atomic mass is 9.90. The lowest BCUT2D eigenvalue weighted by Gasteiger charge is -2.21. The van der Waals surface area contributed by atoms with Crippen LogP contribution in [0.15, 0.2) is 4.47 Å². The van der Waals surface area contributed by atoms with Gasteiger partial charge in [-0.25, -0.2) is 0 Å². The highest BCUT2D eigenvalue weighted by molar-refractivity contribution is 9.10. The van der Waals surface area contributed by atoms with Gasteiger partial charge in [-0.05, 0) is 61.9 Å². The molecular formula is C15H24BrNO. The molecule has 1 unspecified atom stereocenters. The van der Waals surface area contributed by atoms with Crippen LogP contribution >= 0.6 is 15.9 Å². The minimum atomic E-state index is 0.520. The van der Waals surface area contributed by atoms with E-state index >= 15 is 0 Å². The fourth-order valence-electron chi connectivity index (χ4n) is 2.35. The topological polar surface area (TPSA) is 35.2 Å². The fraction of sp³-hybridized carbons (Fsp3) is 0.600. The van der Waals surface area contributed by atoms with Gasteiger partial charge < -0.3 is 10.5 Å². The summed E-state index contributed by atoms with van der Waals surface area (Å²) in [6, 6.07) is 0. The highest BCUT2D eigenvalue weighted by atomic mass is 79.9. The molecule has 0 spiro atoms. The van der Waals surface area contributed by atoms with Crippen molar-refractivity contribution in [1.82, 2.24) is 0 Å². The van der Waals surface area contributed by atoms with E-state index in [1.165, 1.54) is 26.7 Å². The van der Waals surface area contributed by atoms with Gasteiger partial charge in [0.05, 0.1) is 7.11 Å². The first-order valence-corrected chi connectivity index (χ1v) is 7.29. The summed E-state index contributed by atoms with van der Waals surface area (Å²) in [7, 11) is 1.75. The van der Waals surface area contributed by atoms with Crippen molar-refractivity contribution in [3.05, 3.63) is 26.7 Å². The van der Waals surface area contributed by atoms with E-state index in [2.05, 4.69) is 43.6 Å². The number of rotatable bonds is 5. The summed E-state index contributed by atoms with van der Waals surface area (Å²) < 4.78 is 6.82. The van der Waals surface area contributed by atoms with Crippen molar-refractivity contribution in [3.63, 3.8) is 0 Å². The first kappa shape index (κ1) is 15.5. The van der Waals surface area contributed by atoms with Crippen molar-refractivity contribution < 1.29 is 4.74 Å². The molecule has 0 saturated heterocycles. The van der Waals surface area contributed by atoms with E-state index in [0.29, 0.717) is 5.92 Å². The van der Waals surface area contributed by atoms with Crippen LogP contribution in [0.5, 0.6) is 5.75 Å². The second kappa shape index (κ2) is 6.58. The Morgan fingerprint density at radius 3 is 2.22 bits per heavy atom. The molecule has 0 aliphatic carbocycles. The highest BCUT2D eigenvalue weighted by Crippen LogP contribution is 2.37. The van der Waals surface area contributed by atoms with Gasteiger partial charge in [-0.1, -0.05) is 29.3 Å². The number of hydrogen-bond acceptors (Lipinski definition) is 2. The van der Waals surface area contributed by atoms with Gasteiger partial charge in [0.15, 0.2) is 0 Å². The molecule has 0 aliphatic heterocycles. The first-order valence-electron chi connectivity index (χ1n) is 6.50. The second-order valence-electron chi connectivity index (χ2n) is 4.91. The summed E-state index contributed by atoms with van der Waals surface area (Å²) in [6.45, 7) is 9.31. The normalized spacial score (nSPS) is 12.6. The summed E-state index contributed by atoms with van der Waals surface area (Å²) in [5.74, 6) is 1.55. The van der Waals surface area contributed by atoms with E-state index in [-0.39, 0.29) is 0 Å². The van der Waals surface area contributed by atoms with E-state index in [9.17, 15) is 0 Å². The van der Waals surface area contributed by atoms with Gasteiger partial charge in [-0.3, -0.25) is 0 Å². The molecule has 0 heterocycles. The Morgan fingerprint density at radius 2 is 1.78 bits per heavy atom. The van der Waals surface area contributed by atoms with Gasteiger partial charge in [0.25, 0.3) is 0 Å². The number of methoxy groups -OCH3 is 1. The summed E-state index contributed by atoms with van der Waals surface area (Å²) in [5.41, 5.74) is 10.9. The minimum Gasteiger partial charge on any atom is -0.496 e. The zero-order valence-corrected chi connectivity index (χ0v) is 13.6. The Hall–Kier alpha value is -0.540. The van der Waals surface area contributed by atoms with E-state index in [4.69, 9.17) is 10.5 Å². The average molecular weight is 314 g/mol. The number of hydrogen-bond donors (Lipinski definition) is 1. The quantitative estimate of drug-likeness (QED) is 0.894. The summed E-state index contributed by atoms with van der Waals surface area (Å²) in [6.07, 6.45) is 2.09. The summed E-state index contributed by atoms with van der Waals surface area (Å²) in [5, 5.41) is 0. The molecule has 0 saturated carbocycles. The van der Waals surface area contributed by atoms with E-state index in [1.807, 2.05) is 0 Å². The number of halogens is 1. The number of nitrogens with two attached hydrogens (primary N) is 1. The molecule has 0 aromatic heterocycles. The maximum Gasteiger partial charge on any atom is 0.125 e. The molecule has 1 aromatic carbocycles. The monoisotopic (exact) mass is 313 g/mol. The van der Waals surface area contributed by atoms with E-state index < -0.39 is 0 Å². The third-order valence-corrected chi connectivity index (χ3v) is 5.09. The summed E-state index contributed by atoms with van der Waals surface area (Å²) >= 11 is 3.69. The lowest BCUT2D eigenvalue weighted by Crippen LogP contribution is -2.17. The predicted molar refractivity (Wildman–Crippen MR) is 81.4 cm³/mol. The maximum atomic E-state index is 5.83. The molecule has 2 nitrogen and oxygen atoms in total. The zero-order chi connectivity index (χ0) is 13.9. The Bertz CT molecular complexity index is 425. The molecule has 0 bridgehead atoms. The van der Waals surface area contributed by atoms with Crippen LogP contribution in [-0.2, 0) is 6.42 Å². The van der Waals surface area contributed by atoms with Gasteiger partial charge in [-0.2, -0.15) is 0 Å². The molecule has 0 radical (unpaired) electrons. The van der Waals surface area contributed by atoms with Gasteiger partial charge in [0.2, 0.25) is 0 Å². The SMILES string of the molecule is CCC(CN)Cc1c(C)c(Br)c(C)c(C)c1OC. The average Bonchev–Trinajstić information content (AvgIpc) is 2.39. The van der Waals surface area contributed by atoms with E-state index in [1.54, 1.807) is 7.11 Å². The molecule has 0 fully saturated rings. The van der Waals surface area contributed by atoms with Gasteiger partial charge >= 0.3 is 0 Å². The molecule has 1 atom stereocenters. The van der Waals surface area contributed by atoms with E-state index in [0.717, 1.165) is 25.1 Å². The largest absolute Gasteiger partial charge is 0.496 e. The third-order valence-electron chi connectivity index (χ3n) is 3.90. The van der Waals surface area contributed by atoms with Gasteiger partial charge in [0.1, 0.15) is 5.75 Å². The predicted octanol–water partition coefficient (Wildman–Crippen LogP) is 3.91. The number of benzene rings is 1. The first-order chi connectivity index (χ1) is 8.47. The van der Waals surface area contributed by atoms with Crippen LogP contribution in [0.25, 0.3) is 0 Å². The highest BCUT2D eigenvalue weighted by Gasteiger charge is 2.18. The summed E-state index contributed by atoms with van der Waals surface area (Å²) in [4.78, 5) is 0. The van der Waals surface area contributed by atoms with Crippen LogP contribution in [0.3, 0.4) is 0 Å². The molecular weight excluding hydrogens is 290 g/mol. The Labute approximate surface area is 119 Å². The molecule has 0 amide bonds. The van der Waals surface area contributed by atoms with Crippen molar-refractivity contribution in [2.24, 2.45) is 11.7 Å². The number of ether oxygens (including phenoxy) is 1. The molecule has 18 heavy (non-hydrogen) atoms. The molecule has 102 valence electrons. The van der Waals surface area contributed by atoms with Crippen molar-refractivity contribution in [3.8, 4) is 5.75 Å². The lowest BCUT2D eigenvalue weighted by molar-refractivity contribution is 0.399. The van der Waals surface area contributed by atoms with Crippen molar-refractivity contribution >= 4 is 15.9 Å². The second-order valence-corrected chi connectivity index (χ2v) is 5.71. The molecule has 2 N–H and O–H groups in total. The van der Waals surface area contributed by atoms with Crippen LogP contribution in [0.2, 0.25) is 0 Å². The standard InChI is InChI=1S/C15H24BrNO/c1-6-12(8-17)7-13-11(4)14(16)9(2)10(3)15(13)18-5/h12H,6-8,17H2,1-5H3. The van der Waals surface area contributed by atoms with Crippen molar-refractivity contribution in [2.45, 2.75) is 40.5 Å². The van der Waals surface area contributed by atoms with Gasteiger partial charge in [-0.15, -0.1) is 0 Å². The third kappa shape index (κ3) is 2.89. The molecule has 1 aromatic rings. The van der Waals surface area contributed by atoms with Crippen LogP contribution in [0, 0.1) is 26.7 Å². The zero-order valence-electron chi connectivity index (χ0n) is 12.1. The van der Waals surface area contributed by atoms with Crippen LogP contribution in [0.1, 0.15) is 35.6 Å². The maximum absolute atomic E-state index is 5.83. The minimum absolute atomic E-state index is 0.520. The smallest absolute Gasteiger partial charge is 0.125 e. The van der Waals surface area contributed by atoms with Crippen molar-refractivity contribution in [2.75, 3.05) is 13.7 Å². The molecule has 3 heteroatoms. The van der Waals surface area contributed by atoms with Crippen LogP contribution < -0.4 is 10.5 Å². The Morgan fingerprint density at radius 1 is 1.17 bits per heavy atom. The van der Waals surface area contributed by atoms with Crippen LogP contribution in [0.4, 0.5) is 0 Å². The fourth-order valence-corrected chi connectivity index (χ4v) is 2.89.